The fourth-order valence-corrected chi connectivity index (χ4v) is 2.93. The van der Waals surface area contributed by atoms with Crippen molar-refractivity contribution in [2.24, 2.45) is 0 Å². The van der Waals surface area contributed by atoms with Crippen LogP contribution in [0.15, 0.2) is 53.5 Å². The Morgan fingerprint density at radius 3 is 2.75 bits per heavy atom. The van der Waals surface area contributed by atoms with Crippen molar-refractivity contribution < 1.29 is 4.79 Å². The Morgan fingerprint density at radius 2 is 1.83 bits per heavy atom. The molecule has 2 heterocycles. The number of imidazole rings is 1. The van der Waals surface area contributed by atoms with Crippen molar-refractivity contribution in [1.29, 1.82) is 0 Å². The standard InChI is InChI=1S/C18H16N4O2/c23-17(11-5-6-15-16(9-11)22-18(24)21-15)19-8-7-12-10-20-14-4-2-1-3-13(12)14/h1-6,9-10,20H,7-8H2,(H,19,23)(H2,21,22,24). The van der Waals surface area contributed by atoms with Gasteiger partial charge >= 0.3 is 5.69 Å². The average Bonchev–Trinajstić information content (AvgIpc) is 3.16. The van der Waals surface area contributed by atoms with Gasteiger partial charge in [-0.2, -0.15) is 0 Å². The fraction of sp³-hybridized carbons (Fsp3) is 0.111. The Labute approximate surface area is 136 Å². The van der Waals surface area contributed by atoms with Gasteiger partial charge in [0.05, 0.1) is 11.0 Å². The quantitative estimate of drug-likeness (QED) is 0.464. The highest BCUT2D eigenvalue weighted by Gasteiger charge is 2.08. The molecule has 4 rings (SSSR count). The second-order valence-corrected chi connectivity index (χ2v) is 5.70. The van der Waals surface area contributed by atoms with Gasteiger partial charge in [0.2, 0.25) is 0 Å². The molecule has 120 valence electrons. The van der Waals surface area contributed by atoms with Gasteiger partial charge in [-0.3, -0.25) is 4.79 Å². The SMILES string of the molecule is O=C(NCCc1c[nH]c2ccccc12)c1ccc2[nH]c(=O)[nH]c2c1. The van der Waals surface area contributed by atoms with Gasteiger partial charge in [-0.1, -0.05) is 18.2 Å². The summed E-state index contributed by atoms with van der Waals surface area (Å²) in [5.74, 6) is -0.154. The van der Waals surface area contributed by atoms with Crippen LogP contribution in [0.2, 0.25) is 0 Å². The Balaban J connectivity index is 1.44. The number of H-pyrrole nitrogens is 3. The molecule has 0 unspecified atom stereocenters. The van der Waals surface area contributed by atoms with E-state index in [1.165, 1.54) is 10.9 Å². The molecule has 0 saturated heterocycles. The number of hydrogen-bond acceptors (Lipinski definition) is 2. The van der Waals surface area contributed by atoms with Crippen LogP contribution in [0.3, 0.4) is 0 Å². The largest absolute Gasteiger partial charge is 0.361 e. The zero-order valence-corrected chi connectivity index (χ0v) is 12.8. The van der Waals surface area contributed by atoms with Crippen molar-refractivity contribution in [2.75, 3.05) is 6.54 Å². The molecule has 4 aromatic rings. The summed E-state index contributed by atoms with van der Waals surface area (Å²) in [7, 11) is 0. The normalized spacial score (nSPS) is 11.2. The minimum atomic E-state index is -0.276. The Kier molecular flexibility index (Phi) is 3.42. The molecule has 0 aliphatic rings. The lowest BCUT2D eigenvalue weighted by atomic mass is 10.1. The Hall–Kier alpha value is -3.28. The van der Waals surface area contributed by atoms with Crippen molar-refractivity contribution in [3.63, 3.8) is 0 Å². The van der Waals surface area contributed by atoms with Crippen LogP contribution in [0.1, 0.15) is 15.9 Å². The molecule has 0 aliphatic carbocycles. The first-order chi connectivity index (χ1) is 11.7. The molecule has 6 heteroatoms. The maximum Gasteiger partial charge on any atom is 0.323 e. The first kappa shape index (κ1) is 14.3. The number of amides is 1. The van der Waals surface area contributed by atoms with Crippen LogP contribution in [-0.4, -0.2) is 27.4 Å². The van der Waals surface area contributed by atoms with Crippen molar-refractivity contribution >= 4 is 27.8 Å². The number of carbonyl (C=O) groups is 1. The molecule has 2 aromatic carbocycles. The second kappa shape index (κ2) is 5.73. The topological polar surface area (TPSA) is 93.5 Å². The molecule has 0 radical (unpaired) electrons. The molecule has 0 saturated carbocycles. The lowest BCUT2D eigenvalue weighted by Gasteiger charge is -2.05. The average molecular weight is 320 g/mol. The van der Waals surface area contributed by atoms with E-state index in [0.29, 0.717) is 23.1 Å². The molecule has 4 N–H and O–H groups in total. The highest BCUT2D eigenvalue weighted by molar-refractivity contribution is 5.97. The molecule has 2 aromatic heterocycles. The van der Waals surface area contributed by atoms with Crippen molar-refractivity contribution in [3.8, 4) is 0 Å². The fourth-order valence-electron chi connectivity index (χ4n) is 2.93. The highest BCUT2D eigenvalue weighted by atomic mass is 16.2. The van der Waals surface area contributed by atoms with Crippen LogP contribution in [0.25, 0.3) is 21.9 Å². The van der Waals surface area contributed by atoms with Gasteiger partial charge in [0, 0.05) is 29.2 Å². The number of carbonyl (C=O) groups excluding carboxylic acids is 1. The molecule has 0 atom stereocenters. The summed E-state index contributed by atoms with van der Waals surface area (Å²) in [6, 6.07) is 13.2. The molecular formula is C18H16N4O2. The lowest BCUT2D eigenvalue weighted by molar-refractivity contribution is 0.0954. The van der Waals surface area contributed by atoms with Crippen LogP contribution in [0.5, 0.6) is 0 Å². The maximum atomic E-state index is 12.3. The third kappa shape index (κ3) is 2.58. The number of benzene rings is 2. The Morgan fingerprint density at radius 1 is 1.00 bits per heavy atom. The van der Waals surface area contributed by atoms with Crippen LogP contribution in [-0.2, 0) is 6.42 Å². The zero-order valence-electron chi connectivity index (χ0n) is 12.8. The number of rotatable bonds is 4. The summed E-state index contributed by atoms with van der Waals surface area (Å²) >= 11 is 0. The Bertz CT molecular complexity index is 1090. The summed E-state index contributed by atoms with van der Waals surface area (Å²) in [6.07, 6.45) is 2.73. The minimum Gasteiger partial charge on any atom is -0.361 e. The van der Waals surface area contributed by atoms with E-state index in [1.807, 2.05) is 24.4 Å². The number of aromatic amines is 3. The summed E-state index contributed by atoms with van der Waals surface area (Å²) in [5, 5.41) is 4.10. The first-order valence-corrected chi connectivity index (χ1v) is 7.76. The lowest BCUT2D eigenvalue weighted by Crippen LogP contribution is -2.25. The van der Waals surface area contributed by atoms with Crippen LogP contribution >= 0.6 is 0 Å². The molecule has 0 spiro atoms. The molecule has 1 amide bonds. The molecule has 6 nitrogen and oxygen atoms in total. The van der Waals surface area contributed by atoms with E-state index in [9.17, 15) is 9.59 Å². The van der Waals surface area contributed by atoms with Gasteiger partial charge in [-0.05, 0) is 36.2 Å². The summed E-state index contributed by atoms with van der Waals surface area (Å²) in [5.41, 5.74) is 3.84. The molecule has 24 heavy (non-hydrogen) atoms. The molecule has 0 fully saturated rings. The predicted molar refractivity (Wildman–Crippen MR) is 93.3 cm³/mol. The van der Waals surface area contributed by atoms with Gasteiger partial charge in [-0.25, -0.2) is 4.79 Å². The smallest absolute Gasteiger partial charge is 0.323 e. The van der Waals surface area contributed by atoms with Crippen LogP contribution < -0.4 is 11.0 Å². The maximum absolute atomic E-state index is 12.3. The third-order valence-corrected chi connectivity index (χ3v) is 4.13. The van der Waals surface area contributed by atoms with Gasteiger partial charge < -0.3 is 20.3 Å². The van der Waals surface area contributed by atoms with Crippen molar-refractivity contribution in [2.45, 2.75) is 6.42 Å². The van der Waals surface area contributed by atoms with Crippen molar-refractivity contribution in [3.05, 3.63) is 70.3 Å². The number of hydrogen-bond donors (Lipinski definition) is 4. The third-order valence-electron chi connectivity index (χ3n) is 4.13. The highest BCUT2D eigenvalue weighted by Crippen LogP contribution is 2.17. The van der Waals surface area contributed by atoms with Crippen LogP contribution in [0.4, 0.5) is 0 Å². The van der Waals surface area contributed by atoms with Gasteiger partial charge in [-0.15, -0.1) is 0 Å². The molecule has 0 aliphatic heterocycles. The van der Waals surface area contributed by atoms with E-state index < -0.39 is 0 Å². The summed E-state index contributed by atoms with van der Waals surface area (Å²) in [4.78, 5) is 32.1. The van der Waals surface area contributed by atoms with E-state index >= 15 is 0 Å². The number of fused-ring (bicyclic) bond motifs is 2. The number of aromatic nitrogens is 3. The van der Waals surface area contributed by atoms with Gasteiger partial charge in [0.15, 0.2) is 0 Å². The van der Waals surface area contributed by atoms with E-state index in [-0.39, 0.29) is 11.6 Å². The second-order valence-electron chi connectivity index (χ2n) is 5.70. The van der Waals surface area contributed by atoms with E-state index in [4.69, 9.17) is 0 Å². The first-order valence-electron chi connectivity index (χ1n) is 7.76. The van der Waals surface area contributed by atoms with E-state index in [1.54, 1.807) is 18.2 Å². The number of nitrogens with one attached hydrogen (secondary N) is 4. The molecular weight excluding hydrogens is 304 g/mol. The summed E-state index contributed by atoms with van der Waals surface area (Å²) < 4.78 is 0. The van der Waals surface area contributed by atoms with Gasteiger partial charge in [0.25, 0.3) is 5.91 Å². The van der Waals surface area contributed by atoms with Crippen molar-refractivity contribution in [1.82, 2.24) is 20.3 Å². The van der Waals surface area contributed by atoms with Crippen LogP contribution in [0, 0.1) is 0 Å². The number of para-hydroxylation sites is 1. The minimum absolute atomic E-state index is 0.154. The van der Waals surface area contributed by atoms with Gasteiger partial charge in [0.1, 0.15) is 0 Å². The molecule has 0 bridgehead atoms. The zero-order chi connectivity index (χ0) is 16.5. The predicted octanol–water partition coefficient (Wildman–Crippen LogP) is 2.31. The summed E-state index contributed by atoms with van der Waals surface area (Å²) in [6.45, 7) is 0.544. The van der Waals surface area contributed by atoms with E-state index in [2.05, 4.69) is 26.3 Å². The van der Waals surface area contributed by atoms with E-state index in [0.717, 1.165) is 11.9 Å². The monoisotopic (exact) mass is 320 g/mol.